The molecule has 2 aromatic carbocycles. The van der Waals surface area contributed by atoms with Crippen molar-refractivity contribution in [3.8, 4) is 0 Å². The molecule has 24 heavy (non-hydrogen) atoms. The van der Waals surface area contributed by atoms with Gasteiger partial charge in [-0.15, -0.1) is 0 Å². The quantitative estimate of drug-likeness (QED) is 0.768. The van der Waals surface area contributed by atoms with E-state index in [2.05, 4.69) is 0 Å². The van der Waals surface area contributed by atoms with E-state index in [-0.39, 0.29) is 11.7 Å². The van der Waals surface area contributed by atoms with Crippen LogP contribution in [-0.2, 0) is 4.79 Å². The molecule has 124 valence electrons. The van der Waals surface area contributed by atoms with Gasteiger partial charge in [-0.05, 0) is 30.2 Å². The van der Waals surface area contributed by atoms with Crippen molar-refractivity contribution >= 4 is 46.6 Å². The molecule has 2 N–H and O–H groups in total. The van der Waals surface area contributed by atoms with Crippen LogP contribution < -0.4 is 10.6 Å². The summed E-state index contributed by atoms with van der Waals surface area (Å²) >= 11 is 12.5. The van der Waals surface area contributed by atoms with Gasteiger partial charge in [-0.25, -0.2) is 4.39 Å². The van der Waals surface area contributed by atoms with Crippen LogP contribution >= 0.6 is 23.2 Å². The number of rotatable bonds is 2. The monoisotopic (exact) mass is 364 g/mol. The van der Waals surface area contributed by atoms with Gasteiger partial charge in [-0.2, -0.15) is 0 Å². The molecule has 0 radical (unpaired) electrons. The zero-order valence-electron chi connectivity index (χ0n) is 12.7. The van der Waals surface area contributed by atoms with Gasteiger partial charge < -0.3 is 10.6 Å². The van der Waals surface area contributed by atoms with Gasteiger partial charge in [0, 0.05) is 24.2 Å². The van der Waals surface area contributed by atoms with Gasteiger partial charge in [0.25, 0.3) is 0 Å². The zero-order valence-corrected chi connectivity index (χ0v) is 14.2. The Labute approximate surface area is 149 Å². The number of halogens is 3. The predicted molar refractivity (Wildman–Crippen MR) is 96.8 cm³/mol. The first-order chi connectivity index (χ1) is 11.5. The highest BCUT2D eigenvalue weighted by molar-refractivity contribution is 6.40. The van der Waals surface area contributed by atoms with E-state index in [1.807, 2.05) is 0 Å². The smallest absolute Gasteiger partial charge is 0.227 e. The molecular weight excluding hydrogens is 350 g/mol. The van der Waals surface area contributed by atoms with Gasteiger partial charge in [0.2, 0.25) is 5.91 Å². The first-order valence-corrected chi connectivity index (χ1v) is 8.20. The molecule has 0 unspecified atom stereocenters. The third-order valence-corrected chi connectivity index (χ3v) is 4.47. The van der Waals surface area contributed by atoms with Crippen LogP contribution in [0.25, 0.3) is 6.08 Å². The summed E-state index contributed by atoms with van der Waals surface area (Å²) in [5.41, 5.74) is 8.02. The van der Waals surface area contributed by atoms with Gasteiger partial charge in [0.1, 0.15) is 5.82 Å². The fourth-order valence-electron chi connectivity index (χ4n) is 2.75. The maximum atomic E-state index is 13.8. The Bertz CT molecular complexity index is 813. The summed E-state index contributed by atoms with van der Waals surface area (Å²) in [7, 11) is 0. The molecule has 6 heteroatoms. The Balaban J connectivity index is 1.95. The van der Waals surface area contributed by atoms with Crippen LogP contribution in [0.3, 0.4) is 0 Å². The van der Waals surface area contributed by atoms with Crippen molar-refractivity contribution in [1.29, 1.82) is 0 Å². The van der Waals surface area contributed by atoms with Crippen LogP contribution in [0.15, 0.2) is 42.0 Å². The summed E-state index contributed by atoms with van der Waals surface area (Å²) in [6, 6.07) is 9.64. The Morgan fingerprint density at radius 3 is 2.46 bits per heavy atom. The molecule has 2 aromatic rings. The third-order valence-electron chi connectivity index (χ3n) is 3.90. The lowest BCUT2D eigenvalue weighted by molar-refractivity contribution is -0.119. The lowest BCUT2D eigenvalue weighted by atomic mass is 10.0. The normalized spacial score (nSPS) is 16.7. The first kappa shape index (κ1) is 16.8. The number of amides is 1. The fraction of sp³-hybridized carbons (Fsp3) is 0.167. The van der Waals surface area contributed by atoms with E-state index < -0.39 is 0 Å². The van der Waals surface area contributed by atoms with Crippen LogP contribution in [0.4, 0.5) is 15.8 Å². The summed E-state index contributed by atoms with van der Waals surface area (Å²) in [5, 5.41) is 0.640. The Hall–Kier alpha value is -2.04. The van der Waals surface area contributed by atoms with Gasteiger partial charge in [0.15, 0.2) is 0 Å². The predicted octanol–water partition coefficient (Wildman–Crippen LogP) is 4.93. The van der Waals surface area contributed by atoms with Crippen LogP contribution in [0.5, 0.6) is 0 Å². The van der Waals surface area contributed by atoms with E-state index >= 15 is 0 Å². The maximum absolute atomic E-state index is 13.8. The van der Waals surface area contributed by atoms with Gasteiger partial charge in [-0.1, -0.05) is 47.5 Å². The standard InChI is InChI=1S/C18H15Cl2FN2O/c19-14-8-13(22)9-15(20)18(14)23-10-11(5-6-17(23)24)7-12-3-1-2-4-16(12)21/h1-4,7-9H,5-6,10,22H2/b11-7-. The molecule has 1 saturated heterocycles. The van der Waals surface area contributed by atoms with Crippen molar-refractivity contribution in [1.82, 2.24) is 0 Å². The fourth-order valence-corrected chi connectivity index (χ4v) is 3.46. The van der Waals surface area contributed by atoms with Crippen molar-refractivity contribution in [3.05, 3.63) is 63.4 Å². The minimum absolute atomic E-state index is 0.0748. The number of nitrogen functional groups attached to an aromatic ring is 1. The number of nitrogens with zero attached hydrogens (tertiary/aromatic N) is 1. The lowest BCUT2D eigenvalue weighted by Crippen LogP contribution is -2.37. The lowest BCUT2D eigenvalue weighted by Gasteiger charge is -2.30. The molecule has 3 rings (SSSR count). The number of carbonyl (C=O) groups is 1. The van der Waals surface area contributed by atoms with Gasteiger partial charge >= 0.3 is 0 Å². The molecule has 0 spiro atoms. The number of nitrogens with two attached hydrogens (primary N) is 1. The van der Waals surface area contributed by atoms with Crippen LogP contribution in [-0.4, -0.2) is 12.5 Å². The summed E-state index contributed by atoms with van der Waals surface area (Å²) in [5.74, 6) is -0.369. The Morgan fingerprint density at radius 2 is 1.79 bits per heavy atom. The molecule has 1 heterocycles. The van der Waals surface area contributed by atoms with Crippen molar-refractivity contribution in [2.24, 2.45) is 0 Å². The topological polar surface area (TPSA) is 46.3 Å². The zero-order chi connectivity index (χ0) is 17.3. The number of hydrogen-bond acceptors (Lipinski definition) is 2. The highest BCUT2D eigenvalue weighted by Gasteiger charge is 2.26. The minimum atomic E-state index is -0.294. The van der Waals surface area contributed by atoms with E-state index in [0.29, 0.717) is 46.4 Å². The largest absolute Gasteiger partial charge is 0.399 e. The molecule has 0 bridgehead atoms. The van der Waals surface area contributed by atoms with Crippen LogP contribution in [0.2, 0.25) is 10.0 Å². The van der Waals surface area contributed by atoms with Crippen molar-refractivity contribution in [3.63, 3.8) is 0 Å². The number of benzene rings is 2. The van der Waals surface area contributed by atoms with E-state index in [4.69, 9.17) is 28.9 Å². The number of piperidine rings is 1. The molecule has 1 amide bonds. The van der Waals surface area contributed by atoms with E-state index in [9.17, 15) is 9.18 Å². The maximum Gasteiger partial charge on any atom is 0.227 e. The summed E-state index contributed by atoms with van der Waals surface area (Å²) < 4.78 is 13.8. The summed E-state index contributed by atoms with van der Waals surface area (Å²) in [6.07, 6.45) is 2.67. The average Bonchev–Trinajstić information content (AvgIpc) is 2.51. The number of carbonyl (C=O) groups excluding carboxylic acids is 1. The highest BCUT2D eigenvalue weighted by atomic mass is 35.5. The number of hydrogen-bond donors (Lipinski definition) is 1. The number of anilines is 2. The average molecular weight is 365 g/mol. The second-order valence-corrected chi connectivity index (χ2v) is 6.45. The van der Waals surface area contributed by atoms with Crippen LogP contribution in [0, 0.1) is 5.82 Å². The van der Waals surface area contributed by atoms with E-state index in [1.54, 1.807) is 36.4 Å². The molecule has 0 atom stereocenters. The third kappa shape index (κ3) is 3.40. The second kappa shape index (κ2) is 6.83. The van der Waals surface area contributed by atoms with Crippen molar-refractivity contribution in [2.75, 3.05) is 17.2 Å². The van der Waals surface area contributed by atoms with Crippen molar-refractivity contribution < 1.29 is 9.18 Å². The highest BCUT2D eigenvalue weighted by Crippen LogP contribution is 2.38. The van der Waals surface area contributed by atoms with Gasteiger partial charge in [0.05, 0.1) is 15.7 Å². The summed E-state index contributed by atoms with van der Waals surface area (Å²) in [4.78, 5) is 13.9. The van der Waals surface area contributed by atoms with Crippen LogP contribution in [0.1, 0.15) is 18.4 Å². The van der Waals surface area contributed by atoms with Gasteiger partial charge in [-0.3, -0.25) is 4.79 Å². The molecule has 3 nitrogen and oxygen atoms in total. The molecule has 0 aromatic heterocycles. The van der Waals surface area contributed by atoms with E-state index in [1.165, 1.54) is 11.0 Å². The molecule has 1 fully saturated rings. The molecule has 1 aliphatic heterocycles. The van der Waals surface area contributed by atoms with Crippen molar-refractivity contribution in [2.45, 2.75) is 12.8 Å². The SMILES string of the molecule is Nc1cc(Cl)c(N2C/C(=C\c3ccccc3F)CCC2=O)c(Cl)c1. The Morgan fingerprint density at radius 1 is 1.12 bits per heavy atom. The molecular formula is C18H15Cl2FN2O. The molecule has 0 saturated carbocycles. The Kier molecular flexibility index (Phi) is 4.78. The summed E-state index contributed by atoms with van der Waals surface area (Å²) in [6.45, 7) is 0.316. The van der Waals surface area contributed by atoms with E-state index in [0.717, 1.165) is 5.57 Å². The minimum Gasteiger partial charge on any atom is -0.399 e. The molecule has 1 aliphatic rings. The first-order valence-electron chi connectivity index (χ1n) is 7.44. The second-order valence-electron chi connectivity index (χ2n) is 5.64. The molecule has 0 aliphatic carbocycles.